The number of anilines is 1. The Morgan fingerprint density at radius 1 is 1.14 bits per heavy atom. The van der Waals surface area contributed by atoms with E-state index < -0.39 is 11.7 Å². The molecule has 0 spiro atoms. The Morgan fingerprint density at radius 3 is 2.52 bits per heavy atom. The maximum Gasteiger partial charge on any atom is 0.256 e. The van der Waals surface area contributed by atoms with Gasteiger partial charge in [0, 0.05) is 13.7 Å². The molecular formula is C14H9BrFIN2O2. The Morgan fingerprint density at radius 2 is 1.86 bits per heavy atom. The highest BCUT2D eigenvalue weighted by molar-refractivity contribution is 14.1. The molecule has 0 saturated carbocycles. The lowest BCUT2D eigenvalue weighted by atomic mass is 10.1. The van der Waals surface area contributed by atoms with Crippen LogP contribution < -0.4 is 11.1 Å². The second-order valence-corrected chi connectivity index (χ2v) is 6.22. The van der Waals surface area contributed by atoms with Crippen molar-refractivity contribution in [2.45, 2.75) is 0 Å². The molecule has 2 rings (SSSR count). The highest BCUT2D eigenvalue weighted by atomic mass is 127. The van der Waals surface area contributed by atoms with E-state index in [1.807, 2.05) is 28.7 Å². The molecule has 2 amide bonds. The number of nitrogens with one attached hydrogen (secondary N) is 1. The van der Waals surface area contributed by atoms with E-state index in [9.17, 15) is 14.0 Å². The lowest BCUT2D eigenvalue weighted by Gasteiger charge is -2.09. The topological polar surface area (TPSA) is 72.2 Å². The number of primary amides is 1. The molecule has 0 aliphatic rings. The van der Waals surface area contributed by atoms with Gasteiger partial charge in [-0.25, -0.2) is 4.39 Å². The Balaban J connectivity index is 2.29. The molecule has 108 valence electrons. The third-order valence-electron chi connectivity index (χ3n) is 2.66. The van der Waals surface area contributed by atoms with E-state index in [0.717, 1.165) is 14.1 Å². The van der Waals surface area contributed by atoms with E-state index in [1.54, 1.807) is 12.1 Å². The van der Waals surface area contributed by atoms with Gasteiger partial charge in [0.2, 0.25) is 0 Å². The van der Waals surface area contributed by atoms with Crippen LogP contribution in [0.5, 0.6) is 0 Å². The molecule has 0 saturated heterocycles. The summed E-state index contributed by atoms with van der Waals surface area (Å²) in [7, 11) is 0. The average Bonchev–Trinajstić information content (AvgIpc) is 2.43. The summed E-state index contributed by atoms with van der Waals surface area (Å²) < 4.78 is 14.9. The molecule has 2 aromatic carbocycles. The molecule has 7 heteroatoms. The number of hydrogen-bond donors (Lipinski definition) is 2. The van der Waals surface area contributed by atoms with Crippen molar-refractivity contribution in [2.24, 2.45) is 5.73 Å². The monoisotopic (exact) mass is 462 g/mol. The first kappa shape index (κ1) is 15.9. The van der Waals surface area contributed by atoms with Gasteiger partial charge in [-0.15, -0.1) is 0 Å². The van der Waals surface area contributed by atoms with E-state index >= 15 is 0 Å². The largest absolute Gasteiger partial charge is 0.366 e. The van der Waals surface area contributed by atoms with Crippen LogP contribution in [0.25, 0.3) is 0 Å². The van der Waals surface area contributed by atoms with E-state index in [2.05, 4.69) is 21.2 Å². The van der Waals surface area contributed by atoms with Crippen molar-refractivity contribution in [3.63, 3.8) is 0 Å². The number of rotatable bonds is 3. The fourth-order valence-electron chi connectivity index (χ4n) is 1.66. The molecule has 21 heavy (non-hydrogen) atoms. The molecule has 0 aromatic heterocycles. The van der Waals surface area contributed by atoms with Crippen molar-refractivity contribution in [1.29, 1.82) is 0 Å². The molecule has 0 fully saturated rings. The zero-order valence-corrected chi connectivity index (χ0v) is 14.2. The van der Waals surface area contributed by atoms with Crippen molar-refractivity contribution in [3.8, 4) is 0 Å². The van der Waals surface area contributed by atoms with Gasteiger partial charge in [0.15, 0.2) is 0 Å². The minimum atomic E-state index is -0.888. The lowest BCUT2D eigenvalue weighted by molar-refractivity contribution is 0.0992. The highest BCUT2D eigenvalue weighted by Crippen LogP contribution is 2.21. The summed E-state index contributed by atoms with van der Waals surface area (Å²) in [5.74, 6) is -1.97. The number of benzene rings is 2. The fourth-order valence-corrected chi connectivity index (χ4v) is 2.60. The summed E-state index contributed by atoms with van der Waals surface area (Å²) in [5, 5.41) is 2.61. The van der Waals surface area contributed by atoms with Crippen molar-refractivity contribution < 1.29 is 14.0 Å². The van der Waals surface area contributed by atoms with Gasteiger partial charge in [0.25, 0.3) is 11.8 Å². The molecule has 2 aromatic rings. The van der Waals surface area contributed by atoms with Crippen LogP contribution >= 0.6 is 38.5 Å². The van der Waals surface area contributed by atoms with E-state index in [1.165, 1.54) is 12.1 Å². The quantitative estimate of drug-likeness (QED) is 0.685. The molecule has 4 nitrogen and oxygen atoms in total. The average molecular weight is 463 g/mol. The van der Waals surface area contributed by atoms with E-state index in [0.29, 0.717) is 11.3 Å². The van der Waals surface area contributed by atoms with Crippen LogP contribution in [0.3, 0.4) is 0 Å². The van der Waals surface area contributed by atoms with Gasteiger partial charge in [-0.3, -0.25) is 9.59 Å². The second kappa shape index (κ2) is 6.52. The normalized spacial score (nSPS) is 10.2. The Hall–Kier alpha value is -1.48. The first-order valence-corrected chi connectivity index (χ1v) is 7.61. The number of hydrogen-bond acceptors (Lipinski definition) is 2. The van der Waals surface area contributed by atoms with Crippen LogP contribution in [0.15, 0.2) is 40.9 Å². The van der Waals surface area contributed by atoms with E-state index in [-0.39, 0.29) is 11.5 Å². The van der Waals surface area contributed by atoms with Crippen molar-refractivity contribution in [1.82, 2.24) is 0 Å². The van der Waals surface area contributed by atoms with Gasteiger partial charge in [0.05, 0.1) is 11.1 Å². The molecule has 0 aliphatic heterocycles. The number of amides is 2. The van der Waals surface area contributed by atoms with Gasteiger partial charge in [-0.1, -0.05) is 15.9 Å². The predicted molar refractivity (Wildman–Crippen MR) is 89.7 cm³/mol. The number of carbonyl (C=O) groups excluding carboxylic acids is 2. The third-order valence-corrected chi connectivity index (χ3v) is 4.10. The summed E-state index contributed by atoms with van der Waals surface area (Å²) in [6.07, 6.45) is 0. The fraction of sp³-hybridized carbons (Fsp3) is 0. The smallest absolute Gasteiger partial charge is 0.256 e. The second-order valence-electron chi connectivity index (χ2n) is 4.14. The number of carbonyl (C=O) groups is 2. The van der Waals surface area contributed by atoms with Crippen LogP contribution in [0.4, 0.5) is 10.1 Å². The minimum absolute atomic E-state index is 0.267. The summed E-state index contributed by atoms with van der Waals surface area (Å²) in [4.78, 5) is 23.3. The standard InChI is InChI=1S/C14H9BrFIN2O2/c15-7-1-4-12(17)10(5-7)14(21)19-8-2-3-11(16)9(6-8)13(18)20/h1-6H,(H2,18,20)(H,19,21). The molecule has 0 aliphatic carbocycles. The zero-order chi connectivity index (χ0) is 15.6. The summed E-state index contributed by atoms with van der Waals surface area (Å²) in [5.41, 5.74) is 5.57. The van der Waals surface area contributed by atoms with Crippen LogP contribution in [0.1, 0.15) is 20.7 Å². The molecule has 0 atom stereocenters. The minimum Gasteiger partial charge on any atom is -0.366 e. The maximum absolute atomic E-state index is 13.4. The maximum atomic E-state index is 13.4. The van der Waals surface area contributed by atoms with Crippen LogP contribution in [-0.4, -0.2) is 11.8 Å². The number of nitrogens with two attached hydrogens (primary N) is 1. The zero-order valence-electron chi connectivity index (χ0n) is 10.5. The van der Waals surface area contributed by atoms with Crippen LogP contribution in [-0.2, 0) is 0 Å². The Labute approximate surface area is 142 Å². The Bertz CT molecular complexity index is 737. The predicted octanol–water partition coefficient (Wildman–Crippen LogP) is 3.54. The first-order chi connectivity index (χ1) is 9.88. The van der Waals surface area contributed by atoms with Gasteiger partial charge in [-0.2, -0.15) is 0 Å². The van der Waals surface area contributed by atoms with Gasteiger partial charge < -0.3 is 11.1 Å². The molecule has 0 heterocycles. The molecule has 3 N–H and O–H groups in total. The molecule has 0 unspecified atom stereocenters. The summed E-state index contributed by atoms with van der Waals surface area (Å²) in [6.45, 7) is 0. The van der Waals surface area contributed by atoms with Gasteiger partial charge in [0.1, 0.15) is 5.82 Å². The van der Waals surface area contributed by atoms with Crippen molar-refractivity contribution >= 4 is 56.0 Å². The molecule has 0 radical (unpaired) electrons. The van der Waals surface area contributed by atoms with Gasteiger partial charge in [-0.05, 0) is 59.0 Å². The van der Waals surface area contributed by atoms with Crippen molar-refractivity contribution in [3.05, 3.63) is 61.4 Å². The molecule has 0 bridgehead atoms. The van der Waals surface area contributed by atoms with Gasteiger partial charge >= 0.3 is 0 Å². The van der Waals surface area contributed by atoms with Crippen LogP contribution in [0, 0.1) is 9.39 Å². The summed E-state index contributed by atoms with van der Waals surface area (Å²) in [6, 6.07) is 8.95. The van der Waals surface area contributed by atoms with Crippen LogP contribution in [0.2, 0.25) is 0 Å². The third kappa shape index (κ3) is 3.79. The SMILES string of the molecule is NC(=O)c1cc(NC(=O)c2cc(Br)ccc2I)ccc1F. The van der Waals surface area contributed by atoms with Crippen molar-refractivity contribution in [2.75, 3.05) is 5.32 Å². The van der Waals surface area contributed by atoms with E-state index in [4.69, 9.17) is 5.73 Å². The number of halogens is 3. The highest BCUT2D eigenvalue weighted by Gasteiger charge is 2.13. The Kier molecular flexibility index (Phi) is 4.94. The summed E-state index contributed by atoms with van der Waals surface area (Å²) >= 11 is 5.34. The lowest BCUT2D eigenvalue weighted by Crippen LogP contribution is -2.16. The molecular weight excluding hydrogens is 454 g/mol. The first-order valence-electron chi connectivity index (χ1n) is 5.74.